The lowest BCUT2D eigenvalue weighted by molar-refractivity contribution is 0.0203. The monoisotopic (exact) mass is 353 g/mol. The van der Waals surface area contributed by atoms with Gasteiger partial charge in [-0.1, -0.05) is 24.3 Å². The highest BCUT2D eigenvalue weighted by atomic mass is 16.5. The summed E-state index contributed by atoms with van der Waals surface area (Å²) in [6, 6.07) is 13.4. The van der Waals surface area contributed by atoms with E-state index in [0.717, 1.165) is 25.3 Å². The van der Waals surface area contributed by atoms with Gasteiger partial charge in [-0.05, 0) is 51.8 Å². The number of benzene rings is 1. The first-order chi connectivity index (χ1) is 12.7. The number of para-hydroxylation sites is 1. The molecule has 1 aromatic heterocycles. The zero-order valence-electron chi connectivity index (χ0n) is 16.2. The van der Waals surface area contributed by atoms with E-state index < -0.39 is 0 Å². The van der Waals surface area contributed by atoms with E-state index >= 15 is 0 Å². The van der Waals surface area contributed by atoms with Crippen LogP contribution in [0.25, 0.3) is 10.9 Å². The first kappa shape index (κ1) is 17.9. The van der Waals surface area contributed by atoms with Gasteiger partial charge < -0.3 is 4.74 Å². The Morgan fingerprint density at radius 2 is 1.92 bits per heavy atom. The van der Waals surface area contributed by atoms with Crippen LogP contribution in [0, 0.1) is 0 Å². The van der Waals surface area contributed by atoms with Crippen molar-refractivity contribution in [2.24, 2.45) is 0 Å². The molecule has 2 saturated heterocycles. The van der Waals surface area contributed by atoms with Gasteiger partial charge in [-0.15, -0.1) is 0 Å². The average molecular weight is 354 g/mol. The van der Waals surface area contributed by atoms with Crippen molar-refractivity contribution in [2.45, 2.75) is 50.7 Å². The molecule has 4 nitrogen and oxygen atoms in total. The van der Waals surface area contributed by atoms with Gasteiger partial charge in [-0.25, -0.2) is 0 Å². The van der Waals surface area contributed by atoms with Crippen molar-refractivity contribution in [3.8, 4) is 0 Å². The minimum Gasteiger partial charge on any atom is -0.380 e. The number of rotatable bonds is 5. The molecule has 2 aliphatic heterocycles. The van der Waals surface area contributed by atoms with Crippen LogP contribution in [0.15, 0.2) is 36.4 Å². The summed E-state index contributed by atoms with van der Waals surface area (Å²) in [6.45, 7) is 7.10. The smallest absolute Gasteiger partial charge is 0.0705 e. The summed E-state index contributed by atoms with van der Waals surface area (Å²) >= 11 is 0. The number of ether oxygens (including phenoxy) is 1. The number of piperidine rings is 1. The molecule has 3 heterocycles. The normalized spacial score (nSPS) is 23.8. The Kier molecular flexibility index (Phi) is 5.25. The molecule has 1 aromatic carbocycles. The number of fused-ring (bicyclic) bond motifs is 1. The van der Waals surface area contributed by atoms with E-state index in [9.17, 15) is 0 Å². The molecule has 0 radical (unpaired) electrons. The number of nitrogens with zero attached hydrogens (tertiary/aromatic N) is 3. The van der Waals surface area contributed by atoms with Crippen LogP contribution in [0.1, 0.15) is 38.3 Å². The van der Waals surface area contributed by atoms with Crippen LogP contribution < -0.4 is 0 Å². The summed E-state index contributed by atoms with van der Waals surface area (Å²) in [5.74, 6) is 0. The van der Waals surface area contributed by atoms with Gasteiger partial charge >= 0.3 is 0 Å². The lowest BCUT2D eigenvalue weighted by atomic mass is 9.85. The molecule has 0 amide bonds. The molecule has 2 aromatic rings. The van der Waals surface area contributed by atoms with Crippen molar-refractivity contribution in [1.29, 1.82) is 0 Å². The van der Waals surface area contributed by atoms with Crippen LogP contribution >= 0.6 is 0 Å². The van der Waals surface area contributed by atoms with E-state index in [2.05, 4.69) is 60.2 Å². The van der Waals surface area contributed by atoms with Gasteiger partial charge in [-0.3, -0.25) is 14.8 Å². The minimum atomic E-state index is 0.398. The Balaban J connectivity index is 1.36. The van der Waals surface area contributed by atoms with Crippen LogP contribution in [0.4, 0.5) is 0 Å². The Bertz CT molecular complexity index is 739. The number of pyridine rings is 1. The summed E-state index contributed by atoms with van der Waals surface area (Å²) < 4.78 is 5.70. The van der Waals surface area contributed by atoms with E-state index in [1.807, 2.05) is 0 Å². The highest BCUT2D eigenvalue weighted by molar-refractivity contribution is 5.78. The Hall–Kier alpha value is -1.49. The van der Waals surface area contributed by atoms with E-state index in [4.69, 9.17) is 9.72 Å². The predicted molar refractivity (Wildman–Crippen MR) is 106 cm³/mol. The Labute approximate surface area is 157 Å². The molecule has 0 saturated carbocycles. The standard InChI is InChI=1S/C22H31N3O/c1-3-26-17-20-10-11-22(24(20)2)12-14-25(15-13-22)16-19-9-8-18-6-4-5-7-21(18)23-19/h4-9,20H,3,10-17H2,1-2H3. The fraction of sp³-hybridized carbons (Fsp3) is 0.591. The van der Waals surface area contributed by atoms with Gasteiger partial charge in [0.25, 0.3) is 0 Å². The third-order valence-corrected chi connectivity index (χ3v) is 6.58. The molecule has 0 aliphatic carbocycles. The van der Waals surface area contributed by atoms with Crippen LogP contribution in [0.3, 0.4) is 0 Å². The first-order valence-corrected chi connectivity index (χ1v) is 10.1. The Morgan fingerprint density at radius 3 is 2.73 bits per heavy atom. The third kappa shape index (κ3) is 3.51. The first-order valence-electron chi connectivity index (χ1n) is 10.1. The molecule has 26 heavy (non-hydrogen) atoms. The van der Waals surface area contributed by atoms with Crippen molar-refractivity contribution in [3.63, 3.8) is 0 Å². The zero-order chi connectivity index (χ0) is 18.0. The molecule has 2 aliphatic rings. The molecule has 1 spiro atoms. The molecule has 1 unspecified atom stereocenters. The highest BCUT2D eigenvalue weighted by Gasteiger charge is 2.45. The van der Waals surface area contributed by atoms with Crippen molar-refractivity contribution in [1.82, 2.24) is 14.8 Å². The second kappa shape index (κ2) is 7.63. The van der Waals surface area contributed by atoms with Gasteiger partial charge in [0.15, 0.2) is 0 Å². The summed E-state index contributed by atoms with van der Waals surface area (Å²) in [5, 5.41) is 1.22. The van der Waals surface area contributed by atoms with Crippen molar-refractivity contribution in [2.75, 3.05) is 33.4 Å². The van der Waals surface area contributed by atoms with E-state index in [-0.39, 0.29) is 0 Å². The van der Waals surface area contributed by atoms with E-state index in [0.29, 0.717) is 11.6 Å². The van der Waals surface area contributed by atoms with Gasteiger partial charge in [0.05, 0.1) is 17.8 Å². The molecular weight excluding hydrogens is 322 g/mol. The van der Waals surface area contributed by atoms with Crippen LogP contribution in [0.2, 0.25) is 0 Å². The number of hydrogen-bond donors (Lipinski definition) is 0. The van der Waals surface area contributed by atoms with E-state index in [1.165, 1.54) is 49.9 Å². The van der Waals surface area contributed by atoms with Crippen molar-refractivity contribution in [3.05, 3.63) is 42.1 Å². The number of aromatic nitrogens is 1. The summed E-state index contributed by atoms with van der Waals surface area (Å²) in [5.41, 5.74) is 2.69. The lowest BCUT2D eigenvalue weighted by Gasteiger charge is -2.45. The summed E-state index contributed by atoms with van der Waals surface area (Å²) in [4.78, 5) is 10.1. The molecule has 0 bridgehead atoms. The fourth-order valence-corrected chi connectivity index (χ4v) is 4.80. The highest BCUT2D eigenvalue weighted by Crippen LogP contribution is 2.40. The van der Waals surface area contributed by atoms with Gasteiger partial charge in [-0.2, -0.15) is 0 Å². The van der Waals surface area contributed by atoms with Crippen molar-refractivity contribution < 1.29 is 4.74 Å². The number of hydrogen-bond acceptors (Lipinski definition) is 4. The largest absolute Gasteiger partial charge is 0.380 e. The molecule has 4 heteroatoms. The predicted octanol–water partition coefficient (Wildman–Crippen LogP) is 3.70. The quantitative estimate of drug-likeness (QED) is 0.819. The zero-order valence-corrected chi connectivity index (χ0v) is 16.2. The number of likely N-dealkylation sites (tertiary alicyclic amines) is 2. The maximum absolute atomic E-state index is 5.70. The molecule has 2 fully saturated rings. The molecule has 0 N–H and O–H groups in total. The molecule has 140 valence electrons. The minimum absolute atomic E-state index is 0.398. The van der Waals surface area contributed by atoms with Crippen molar-refractivity contribution >= 4 is 10.9 Å². The molecule has 1 atom stereocenters. The lowest BCUT2D eigenvalue weighted by Crippen LogP contribution is -2.52. The van der Waals surface area contributed by atoms with Crippen LogP contribution in [0.5, 0.6) is 0 Å². The van der Waals surface area contributed by atoms with Crippen LogP contribution in [-0.2, 0) is 11.3 Å². The second-order valence-corrected chi connectivity index (χ2v) is 7.96. The maximum atomic E-state index is 5.70. The maximum Gasteiger partial charge on any atom is 0.0705 e. The topological polar surface area (TPSA) is 28.6 Å². The second-order valence-electron chi connectivity index (χ2n) is 7.96. The fourth-order valence-electron chi connectivity index (χ4n) is 4.80. The molecular formula is C22H31N3O. The van der Waals surface area contributed by atoms with Gasteiger partial charge in [0.2, 0.25) is 0 Å². The van der Waals surface area contributed by atoms with E-state index in [1.54, 1.807) is 0 Å². The number of likely N-dealkylation sites (N-methyl/N-ethyl adjacent to an activating group) is 1. The molecule has 4 rings (SSSR count). The van der Waals surface area contributed by atoms with Gasteiger partial charge in [0.1, 0.15) is 0 Å². The third-order valence-electron chi connectivity index (χ3n) is 6.58. The SMILES string of the molecule is CCOCC1CCC2(CCN(Cc3ccc4ccccc4n3)CC2)N1C. The Morgan fingerprint density at radius 1 is 1.12 bits per heavy atom. The summed E-state index contributed by atoms with van der Waals surface area (Å²) in [6.07, 6.45) is 5.13. The summed E-state index contributed by atoms with van der Waals surface area (Å²) in [7, 11) is 2.32. The van der Waals surface area contributed by atoms with Gasteiger partial charge in [0, 0.05) is 43.2 Å². The average Bonchev–Trinajstić information content (AvgIpc) is 2.98. The van der Waals surface area contributed by atoms with Crippen LogP contribution in [-0.4, -0.2) is 59.7 Å².